The molecule has 3 nitrogen and oxygen atoms in total. The third kappa shape index (κ3) is 2.18. The lowest BCUT2D eigenvalue weighted by molar-refractivity contribution is 0.597. The SMILES string of the molecule is Cc1ncn(Cc2cc(C#N)ccc2F)c1C. The van der Waals surface area contributed by atoms with Gasteiger partial charge in [-0.15, -0.1) is 0 Å². The van der Waals surface area contributed by atoms with E-state index >= 15 is 0 Å². The van der Waals surface area contributed by atoms with Gasteiger partial charge in [0, 0.05) is 11.3 Å². The molecule has 1 aromatic carbocycles. The number of nitriles is 1. The van der Waals surface area contributed by atoms with Gasteiger partial charge in [0.2, 0.25) is 0 Å². The fraction of sp³-hybridized carbons (Fsp3) is 0.231. The maximum absolute atomic E-state index is 13.6. The Hall–Kier alpha value is -2.15. The van der Waals surface area contributed by atoms with Crippen molar-refractivity contribution in [3.8, 4) is 6.07 Å². The van der Waals surface area contributed by atoms with Gasteiger partial charge in [0.1, 0.15) is 5.82 Å². The molecule has 0 unspecified atom stereocenters. The Morgan fingerprint density at radius 2 is 2.18 bits per heavy atom. The van der Waals surface area contributed by atoms with Crippen LogP contribution in [0.15, 0.2) is 24.5 Å². The average molecular weight is 229 g/mol. The van der Waals surface area contributed by atoms with Gasteiger partial charge in [-0.1, -0.05) is 0 Å². The van der Waals surface area contributed by atoms with Crippen LogP contribution in [-0.2, 0) is 6.54 Å². The number of aromatic nitrogens is 2. The fourth-order valence-electron chi connectivity index (χ4n) is 1.65. The predicted molar refractivity (Wildman–Crippen MR) is 61.9 cm³/mol. The van der Waals surface area contributed by atoms with Gasteiger partial charge in [0.15, 0.2) is 0 Å². The first-order chi connectivity index (χ1) is 8.11. The van der Waals surface area contributed by atoms with Gasteiger partial charge in [-0.2, -0.15) is 5.26 Å². The number of halogens is 1. The van der Waals surface area contributed by atoms with E-state index in [1.807, 2.05) is 24.5 Å². The van der Waals surface area contributed by atoms with Crippen LogP contribution < -0.4 is 0 Å². The van der Waals surface area contributed by atoms with Crippen molar-refractivity contribution in [2.45, 2.75) is 20.4 Å². The molecular weight excluding hydrogens is 217 g/mol. The van der Waals surface area contributed by atoms with Gasteiger partial charge < -0.3 is 4.57 Å². The molecular formula is C13H12FN3. The van der Waals surface area contributed by atoms with Crippen LogP contribution in [0.4, 0.5) is 4.39 Å². The summed E-state index contributed by atoms with van der Waals surface area (Å²) in [4.78, 5) is 4.16. The van der Waals surface area contributed by atoms with Crippen molar-refractivity contribution in [2.24, 2.45) is 0 Å². The highest BCUT2D eigenvalue weighted by molar-refractivity contribution is 5.34. The van der Waals surface area contributed by atoms with Crippen LogP contribution in [0.5, 0.6) is 0 Å². The minimum absolute atomic E-state index is 0.297. The highest BCUT2D eigenvalue weighted by atomic mass is 19.1. The Labute approximate surface area is 99.1 Å². The number of hydrogen-bond acceptors (Lipinski definition) is 2. The second-order valence-corrected chi connectivity index (χ2v) is 3.96. The number of rotatable bonds is 2. The summed E-state index contributed by atoms with van der Waals surface area (Å²) in [5.74, 6) is -0.297. The summed E-state index contributed by atoms with van der Waals surface area (Å²) in [5.41, 5.74) is 2.91. The largest absolute Gasteiger partial charge is 0.330 e. The quantitative estimate of drug-likeness (QED) is 0.794. The van der Waals surface area contributed by atoms with Crippen molar-refractivity contribution in [2.75, 3.05) is 0 Å². The zero-order chi connectivity index (χ0) is 12.4. The van der Waals surface area contributed by atoms with Crippen LogP contribution in [0, 0.1) is 31.0 Å². The van der Waals surface area contributed by atoms with E-state index < -0.39 is 0 Å². The van der Waals surface area contributed by atoms with E-state index in [2.05, 4.69) is 4.98 Å². The van der Waals surface area contributed by atoms with Crippen molar-refractivity contribution in [1.82, 2.24) is 9.55 Å². The molecule has 0 saturated heterocycles. The van der Waals surface area contributed by atoms with Gasteiger partial charge in [-0.05, 0) is 32.0 Å². The van der Waals surface area contributed by atoms with Crippen molar-refractivity contribution in [3.05, 3.63) is 52.9 Å². The fourth-order valence-corrected chi connectivity index (χ4v) is 1.65. The van der Waals surface area contributed by atoms with Gasteiger partial charge in [-0.25, -0.2) is 9.37 Å². The van der Waals surface area contributed by atoms with Crippen LogP contribution in [-0.4, -0.2) is 9.55 Å². The zero-order valence-corrected chi connectivity index (χ0v) is 9.74. The maximum atomic E-state index is 13.6. The average Bonchev–Trinajstić information content (AvgIpc) is 2.64. The summed E-state index contributed by atoms with van der Waals surface area (Å²) in [6, 6.07) is 6.39. The van der Waals surface area contributed by atoms with Crippen LogP contribution in [0.2, 0.25) is 0 Å². The van der Waals surface area contributed by atoms with E-state index in [1.54, 1.807) is 12.4 Å². The summed E-state index contributed by atoms with van der Waals surface area (Å²) >= 11 is 0. The number of benzene rings is 1. The van der Waals surface area contributed by atoms with Gasteiger partial charge >= 0.3 is 0 Å². The minimum Gasteiger partial charge on any atom is -0.330 e. The normalized spacial score (nSPS) is 10.2. The van der Waals surface area contributed by atoms with Crippen LogP contribution in [0.25, 0.3) is 0 Å². The number of imidazole rings is 1. The monoisotopic (exact) mass is 229 g/mol. The highest BCUT2D eigenvalue weighted by Crippen LogP contribution is 2.14. The Balaban J connectivity index is 2.36. The van der Waals surface area contributed by atoms with Gasteiger partial charge in [-0.3, -0.25) is 0 Å². The molecule has 86 valence electrons. The molecule has 0 atom stereocenters. The van der Waals surface area contributed by atoms with Crippen LogP contribution >= 0.6 is 0 Å². The molecule has 0 amide bonds. The molecule has 1 heterocycles. The molecule has 17 heavy (non-hydrogen) atoms. The first-order valence-corrected chi connectivity index (χ1v) is 5.28. The van der Waals surface area contributed by atoms with E-state index in [9.17, 15) is 4.39 Å². The first kappa shape index (κ1) is 11.3. The van der Waals surface area contributed by atoms with E-state index in [0.717, 1.165) is 11.4 Å². The summed E-state index contributed by atoms with van der Waals surface area (Å²) in [6.07, 6.45) is 1.68. The van der Waals surface area contributed by atoms with Crippen molar-refractivity contribution in [1.29, 1.82) is 5.26 Å². The maximum Gasteiger partial charge on any atom is 0.128 e. The standard InChI is InChI=1S/C13H12FN3/c1-9-10(2)17(8-16-9)7-12-5-11(6-15)3-4-13(12)14/h3-5,8H,7H2,1-2H3. The minimum atomic E-state index is -0.297. The zero-order valence-electron chi connectivity index (χ0n) is 9.74. The molecule has 0 radical (unpaired) electrons. The first-order valence-electron chi connectivity index (χ1n) is 5.28. The Bertz CT molecular complexity index is 593. The summed E-state index contributed by atoms with van der Waals surface area (Å²) in [6.45, 7) is 4.25. The summed E-state index contributed by atoms with van der Waals surface area (Å²) in [5, 5.41) is 8.79. The molecule has 4 heteroatoms. The van der Waals surface area contributed by atoms with Crippen molar-refractivity contribution >= 4 is 0 Å². The molecule has 0 saturated carbocycles. The number of aryl methyl sites for hydroxylation is 1. The van der Waals surface area contributed by atoms with E-state index in [0.29, 0.717) is 17.7 Å². The van der Waals surface area contributed by atoms with Crippen LogP contribution in [0.1, 0.15) is 22.5 Å². The molecule has 0 aliphatic rings. The molecule has 2 aromatic rings. The van der Waals surface area contributed by atoms with Crippen LogP contribution in [0.3, 0.4) is 0 Å². The lowest BCUT2D eigenvalue weighted by Gasteiger charge is -2.07. The molecule has 0 fully saturated rings. The van der Waals surface area contributed by atoms with E-state index in [1.165, 1.54) is 12.1 Å². The molecule has 0 spiro atoms. The second-order valence-electron chi connectivity index (χ2n) is 3.96. The molecule has 0 N–H and O–H groups in total. The molecule has 0 aliphatic heterocycles. The molecule has 1 aromatic heterocycles. The summed E-state index contributed by atoms with van der Waals surface area (Å²) < 4.78 is 15.5. The Morgan fingerprint density at radius 1 is 1.41 bits per heavy atom. The Kier molecular flexibility index (Phi) is 2.92. The van der Waals surface area contributed by atoms with Crippen molar-refractivity contribution < 1.29 is 4.39 Å². The lowest BCUT2D eigenvalue weighted by atomic mass is 10.1. The smallest absolute Gasteiger partial charge is 0.128 e. The summed E-state index contributed by atoms with van der Waals surface area (Å²) in [7, 11) is 0. The third-order valence-electron chi connectivity index (χ3n) is 2.86. The second kappa shape index (κ2) is 4.38. The highest BCUT2D eigenvalue weighted by Gasteiger charge is 2.07. The number of hydrogen-bond donors (Lipinski definition) is 0. The van der Waals surface area contributed by atoms with E-state index in [4.69, 9.17) is 5.26 Å². The van der Waals surface area contributed by atoms with Gasteiger partial charge in [0.05, 0.1) is 30.2 Å². The van der Waals surface area contributed by atoms with Crippen molar-refractivity contribution in [3.63, 3.8) is 0 Å². The molecule has 0 aliphatic carbocycles. The van der Waals surface area contributed by atoms with E-state index in [-0.39, 0.29) is 5.82 Å². The predicted octanol–water partition coefficient (Wildman–Crippen LogP) is 2.56. The lowest BCUT2D eigenvalue weighted by Crippen LogP contribution is -2.03. The molecule has 2 rings (SSSR count). The third-order valence-corrected chi connectivity index (χ3v) is 2.86. The Morgan fingerprint density at radius 3 is 2.76 bits per heavy atom. The number of nitrogens with zero attached hydrogens (tertiary/aromatic N) is 3. The molecule has 0 bridgehead atoms. The van der Waals surface area contributed by atoms with Gasteiger partial charge in [0.25, 0.3) is 0 Å². The topological polar surface area (TPSA) is 41.6 Å².